The quantitative estimate of drug-likeness (QED) is 0.163. The molecule has 2 aliphatic carbocycles. The van der Waals surface area contributed by atoms with Gasteiger partial charge in [-0.15, -0.1) is 0 Å². The number of phenolic OH excluding ortho intramolecular Hbond substituents is 2. The molecule has 14 nitrogen and oxygen atoms in total. The number of carbonyl (C=O) groups is 3. The van der Waals surface area contributed by atoms with E-state index in [1.807, 2.05) is 6.92 Å². The number of hydrogen-bond donors (Lipinski definition) is 8. The van der Waals surface area contributed by atoms with Gasteiger partial charge in [0.05, 0.1) is 48.7 Å². The molecule has 14 heteroatoms. The van der Waals surface area contributed by atoms with E-state index in [0.717, 1.165) is 0 Å². The monoisotopic (exact) mass is 721 g/mol. The molecule has 1 heterocycles. The van der Waals surface area contributed by atoms with Crippen LogP contribution in [0.15, 0.2) is 18.2 Å². The fraction of sp³-hybridized carbons (Fsp3) is 0.595. The summed E-state index contributed by atoms with van der Waals surface area (Å²) in [6.45, 7) is 10.8. The van der Waals surface area contributed by atoms with E-state index in [4.69, 9.17) is 29.5 Å². The Morgan fingerprint density at radius 3 is 2.10 bits per heavy atom. The molecule has 0 saturated carbocycles. The SMILES string of the molecule is CC(O)CO.CCC.CO[C@H]1C[C@@H](NC(C)C)C(O)[C@H](C)O1.COc1cccc2c1C(=O)c1c(O)c3c(c(O)c1C2=O)C[C@@](O)(C(=O)CO)CC3. The van der Waals surface area contributed by atoms with Gasteiger partial charge in [0.25, 0.3) is 0 Å². The molecular formula is C37H55NO13. The molecule has 0 radical (unpaired) electrons. The number of phenols is 2. The summed E-state index contributed by atoms with van der Waals surface area (Å²) in [5, 5.41) is 70.5. The molecule has 3 aliphatic rings. The van der Waals surface area contributed by atoms with Crippen LogP contribution in [0.2, 0.25) is 0 Å². The van der Waals surface area contributed by atoms with Gasteiger partial charge >= 0.3 is 0 Å². The molecule has 5 rings (SSSR count). The summed E-state index contributed by atoms with van der Waals surface area (Å²) in [7, 11) is 2.98. The van der Waals surface area contributed by atoms with Gasteiger partial charge in [-0.1, -0.05) is 46.2 Å². The fourth-order valence-electron chi connectivity index (χ4n) is 6.00. The number of ketones is 3. The van der Waals surface area contributed by atoms with Crippen LogP contribution in [-0.4, -0.2) is 123 Å². The zero-order valence-electron chi connectivity index (χ0n) is 30.7. The molecule has 286 valence electrons. The van der Waals surface area contributed by atoms with E-state index in [1.54, 1.807) is 7.11 Å². The van der Waals surface area contributed by atoms with Crippen molar-refractivity contribution < 1.29 is 64.3 Å². The van der Waals surface area contributed by atoms with Crippen molar-refractivity contribution in [2.75, 3.05) is 27.4 Å². The van der Waals surface area contributed by atoms with Crippen molar-refractivity contribution in [1.82, 2.24) is 5.32 Å². The maximum Gasteiger partial charge on any atom is 0.202 e. The van der Waals surface area contributed by atoms with E-state index < -0.39 is 53.3 Å². The Hall–Kier alpha value is -3.47. The second-order valence-electron chi connectivity index (χ2n) is 13.1. The van der Waals surface area contributed by atoms with Gasteiger partial charge in [0.2, 0.25) is 5.78 Å². The summed E-state index contributed by atoms with van der Waals surface area (Å²) in [5.74, 6) is -2.99. The average molecular weight is 722 g/mol. The Labute approximate surface area is 299 Å². The first-order valence-corrected chi connectivity index (χ1v) is 17.1. The molecule has 6 atom stereocenters. The lowest BCUT2D eigenvalue weighted by Gasteiger charge is -2.38. The maximum absolute atomic E-state index is 13.1. The Morgan fingerprint density at radius 2 is 1.59 bits per heavy atom. The summed E-state index contributed by atoms with van der Waals surface area (Å²) in [6.07, 6.45) is 0.0343. The molecule has 1 aliphatic heterocycles. The third-order valence-corrected chi connectivity index (χ3v) is 8.53. The summed E-state index contributed by atoms with van der Waals surface area (Å²) in [6, 6.07) is 4.89. The van der Waals surface area contributed by atoms with Gasteiger partial charge in [-0.3, -0.25) is 14.4 Å². The normalized spacial score (nSPS) is 23.9. The van der Waals surface area contributed by atoms with Crippen molar-refractivity contribution in [3.63, 3.8) is 0 Å². The van der Waals surface area contributed by atoms with E-state index in [1.165, 1.54) is 38.7 Å². The molecule has 2 aromatic rings. The largest absolute Gasteiger partial charge is 0.507 e. The second-order valence-corrected chi connectivity index (χ2v) is 13.1. The molecule has 1 fully saturated rings. The Balaban J connectivity index is 0.000000340. The van der Waals surface area contributed by atoms with Crippen molar-refractivity contribution in [3.8, 4) is 17.2 Å². The third-order valence-electron chi connectivity index (χ3n) is 8.53. The highest BCUT2D eigenvalue weighted by molar-refractivity contribution is 6.31. The molecule has 0 bridgehead atoms. The number of hydrogen-bond acceptors (Lipinski definition) is 14. The maximum atomic E-state index is 13.1. The van der Waals surface area contributed by atoms with E-state index in [-0.39, 0.29) is 83.4 Å². The Kier molecular flexibility index (Phi) is 16.6. The summed E-state index contributed by atoms with van der Waals surface area (Å²) < 4.78 is 15.8. The minimum absolute atomic E-state index is 0.00456. The van der Waals surface area contributed by atoms with E-state index in [0.29, 0.717) is 12.5 Å². The molecule has 2 aromatic carbocycles. The van der Waals surface area contributed by atoms with Crippen molar-refractivity contribution in [3.05, 3.63) is 51.6 Å². The number of benzene rings is 2. The minimum Gasteiger partial charge on any atom is -0.507 e. The van der Waals surface area contributed by atoms with Crippen LogP contribution in [0.5, 0.6) is 17.2 Å². The van der Waals surface area contributed by atoms with E-state index >= 15 is 0 Å². The van der Waals surface area contributed by atoms with Gasteiger partial charge in [0.1, 0.15) is 29.5 Å². The van der Waals surface area contributed by atoms with Gasteiger partial charge in [0, 0.05) is 48.7 Å². The number of aliphatic hydroxyl groups is 5. The van der Waals surface area contributed by atoms with Crippen LogP contribution in [0.3, 0.4) is 0 Å². The molecule has 1 saturated heterocycles. The van der Waals surface area contributed by atoms with Crippen molar-refractivity contribution in [1.29, 1.82) is 0 Å². The van der Waals surface area contributed by atoms with Crippen molar-refractivity contribution in [2.45, 2.75) is 116 Å². The number of aliphatic hydroxyl groups excluding tert-OH is 4. The number of aromatic hydroxyl groups is 2. The second kappa shape index (κ2) is 19.4. The molecule has 0 spiro atoms. The summed E-state index contributed by atoms with van der Waals surface area (Å²) in [4.78, 5) is 38.2. The van der Waals surface area contributed by atoms with Gasteiger partial charge in [-0.2, -0.15) is 0 Å². The van der Waals surface area contributed by atoms with Gasteiger partial charge in [-0.05, 0) is 32.8 Å². The van der Waals surface area contributed by atoms with Crippen LogP contribution in [0.4, 0.5) is 0 Å². The van der Waals surface area contributed by atoms with Crippen LogP contribution in [0.1, 0.15) is 104 Å². The number of fused-ring (bicyclic) bond motifs is 3. The molecular weight excluding hydrogens is 666 g/mol. The molecule has 8 N–H and O–H groups in total. The van der Waals surface area contributed by atoms with Crippen LogP contribution in [0, 0.1) is 0 Å². The molecule has 0 aromatic heterocycles. The third kappa shape index (κ3) is 10.1. The van der Waals surface area contributed by atoms with Gasteiger partial charge in [0.15, 0.2) is 17.9 Å². The predicted molar refractivity (Wildman–Crippen MR) is 187 cm³/mol. The van der Waals surface area contributed by atoms with Crippen LogP contribution < -0.4 is 10.1 Å². The standard InChI is InChI=1S/C21H18O8.C10H21NO3.C3H8O2.C3H8/c1-29-12-4-2-3-10-14(12)20(27)16-15(18(10)25)19(26)11-7-21(28,13(23)8-22)6-5-9(11)17(16)24;1-6(2)11-8-5-9(13-4)14-7(3)10(8)12;1-3(5)2-4;1-3-2/h2-4,22,24,26,28H,5-8H2,1H3;6-12H,5H2,1-4H3;3-5H,2H2,1H3;3H2,1-2H3/t21-;7-,8+,9+,10?;;/m10../s1. The van der Waals surface area contributed by atoms with Gasteiger partial charge < -0.3 is 55.3 Å². The number of rotatable bonds is 7. The zero-order chi connectivity index (χ0) is 38.8. The highest BCUT2D eigenvalue weighted by Crippen LogP contribution is 2.48. The highest BCUT2D eigenvalue weighted by Gasteiger charge is 2.45. The topological polar surface area (TPSA) is 233 Å². The summed E-state index contributed by atoms with van der Waals surface area (Å²) in [5.41, 5.74) is -2.38. The van der Waals surface area contributed by atoms with Crippen molar-refractivity contribution in [2.24, 2.45) is 0 Å². The van der Waals surface area contributed by atoms with E-state index in [2.05, 4.69) is 33.0 Å². The average Bonchev–Trinajstić information content (AvgIpc) is 3.10. The lowest BCUT2D eigenvalue weighted by molar-refractivity contribution is -0.215. The van der Waals surface area contributed by atoms with E-state index in [9.17, 15) is 34.8 Å². The molecule has 51 heavy (non-hydrogen) atoms. The Bertz CT molecular complexity index is 1510. The first-order valence-electron chi connectivity index (χ1n) is 17.1. The molecule has 0 amide bonds. The zero-order valence-corrected chi connectivity index (χ0v) is 30.7. The molecule has 2 unspecified atom stereocenters. The van der Waals surface area contributed by atoms with Crippen molar-refractivity contribution >= 4 is 17.3 Å². The van der Waals surface area contributed by atoms with Crippen LogP contribution in [0.25, 0.3) is 0 Å². The van der Waals surface area contributed by atoms with Gasteiger partial charge in [-0.25, -0.2) is 0 Å². The number of nitrogens with one attached hydrogen (secondary N) is 1. The lowest BCUT2D eigenvalue weighted by Crippen LogP contribution is -2.55. The number of ether oxygens (including phenoxy) is 3. The Morgan fingerprint density at radius 1 is 1.02 bits per heavy atom. The number of methoxy groups -OCH3 is 2. The first kappa shape index (κ1) is 43.7. The number of Topliss-reactive ketones (excluding diaryl/α,β-unsaturated/α-hetero) is 1. The summed E-state index contributed by atoms with van der Waals surface area (Å²) >= 11 is 0. The lowest BCUT2D eigenvalue weighted by atomic mass is 9.73. The fourth-order valence-corrected chi connectivity index (χ4v) is 6.00. The van der Waals surface area contributed by atoms with Crippen LogP contribution in [-0.2, 0) is 27.1 Å². The minimum atomic E-state index is -1.93. The number of carbonyl (C=O) groups excluding carboxylic acids is 3. The predicted octanol–water partition coefficient (Wildman–Crippen LogP) is 1.93. The first-order chi connectivity index (χ1) is 24.0. The highest BCUT2D eigenvalue weighted by atomic mass is 16.7. The van der Waals surface area contributed by atoms with Crippen LogP contribution >= 0.6 is 0 Å². The smallest absolute Gasteiger partial charge is 0.202 e.